The molecule has 0 atom stereocenters. The van der Waals surface area contributed by atoms with Crippen LogP contribution < -0.4 is 4.74 Å². The number of carbonyl (C=O) groups excluding carboxylic acids is 1. The summed E-state index contributed by atoms with van der Waals surface area (Å²) in [5, 5.41) is 0. The standard InChI is InChI=1S/C17H26O2/c1-4-12-19-16-10-7-9-15(13-16)8-5-6-11-17(18)14(2)3/h7,9-10,13-14H,4-6,8,11-12H2,1-3H3. The van der Waals surface area contributed by atoms with Crippen molar-refractivity contribution < 1.29 is 9.53 Å². The zero-order valence-electron chi connectivity index (χ0n) is 12.4. The average Bonchev–Trinajstić information content (AvgIpc) is 2.41. The van der Waals surface area contributed by atoms with Crippen molar-refractivity contribution in [1.82, 2.24) is 0 Å². The van der Waals surface area contributed by atoms with Gasteiger partial charge in [0.1, 0.15) is 11.5 Å². The predicted octanol–water partition coefficient (Wildman–Crippen LogP) is 4.41. The molecule has 0 radical (unpaired) electrons. The number of ketones is 1. The monoisotopic (exact) mass is 262 g/mol. The summed E-state index contributed by atoms with van der Waals surface area (Å²) in [7, 11) is 0. The minimum atomic E-state index is 0.172. The molecule has 0 saturated carbocycles. The molecule has 0 aliphatic rings. The first kappa shape index (κ1) is 15.7. The molecule has 1 rings (SSSR count). The fourth-order valence-corrected chi connectivity index (χ4v) is 1.93. The Morgan fingerprint density at radius 1 is 1.26 bits per heavy atom. The Kier molecular flexibility index (Phi) is 7.24. The molecule has 0 heterocycles. The SMILES string of the molecule is CCCOc1cccc(CCCCC(=O)C(C)C)c1. The van der Waals surface area contributed by atoms with E-state index in [2.05, 4.69) is 19.1 Å². The first-order valence-corrected chi connectivity index (χ1v) is 7.38. The third kappa shape index (κ3) is 6.42. The number of benzene rings is 1. The first-order valence-electron chi connectivity index (χ1n) is 7.38. The summed E-state index contributed by atoms with van der Waals surface area (Å²) in [5.41, 5.74) is 1.30. The van der Waals surface area contributed by atoms with Gasteiger partial charge in [-0.2, -0.15) is 0 Å². The summed E-state index contributed by atoms with van der Waals surface area (Å²) in [6, 6.07) is 8.28. The summed E-state index contributed by atoms with van der Waals surface area (Å²) < 4.78 is 5.62. The lowest BCUT2D eigenvalue weighted by molar-refractivity contribution is -0.122. The van der Waals surface area contributed by atoms with Gasteiger partial charge in [-0.15, -0.1) is 0 Å². The molecule has 0 unspecified atom stereocenters. The van der Waals surface area contributed by atoms with E-state index in [1.54, 1.807) is 0 Å². The minimum absolute atomic E-state index is 0.172. The normalized spacial score (nSPS) is 10.7. The van der Waals surface area contributed by atoms with Gasteiger partial charge in [-0.1, -0.05) is 32.9 Å². The van der Waals surface area contributed by atoms with Crippen molar-refractivity contribution in [2.45, 2.75) is 52.9 Å². The van der Waals surface area contributed by atoms with E-state index in [1.807, 2.05) is 26.0 Å². The fraction of sp³-hybridized carbons (Fsp3) is 0.588. The number of ether oxygens (including phenoxy) is 1. The largest absolute Gasteiger partial charge is 0.494 e. The van der Waals surface area contributed by atoms with Crippen molar-refractivity contribution in [3.05, 3.63) is 29.8 Å². The molecule has 1 aromatic carbocycles. The summed E-state index contributed by atoms with van der Waals surface area (Å²) in [5.74, 6) is 1.50. The lowest BCUT2D eigenvalue weighted by Crippen LogP contribution is -2.06. The molecule has 0 aliphatic carbocycles. The topological polar surface area (TPSA) is 26.3 Å². The van der Waals surface area contributed by atoms with Crippen molar-refractivity contribution in [2.75, 3.05) is 6.61 Å². The number of unbranched alkanes of at least 4 members (excludes halogenated alkanes) is 1. The Morgan fingerprint density at radius 3 is 2.74 bits per heavy atom. The summed E-state index contributed by atoms with van der Waals surface area (Å²) in [6.45, 7) is 6.82. The second-order valence-electron chi connectivity index (χ2n) is 5.32. The highest BCUT2D eigenvalue weighted by atomic mass is 16.5. The fourth-order valence-electron chi connectivity index (χ4n) is 1.93. The van der Waals surface area contributed by atoms with E-state index in [-0.39, 0.29) is 5.92 Å². The molecule has 0 aliphatic heterocycles. The number of hydrogen-bond donors (Lipinski definition) is 0. The molecule has 2 nitrogen and oxygen atoms in total. The number of aryl methyl sites for hydroxylation is 1. The average molecular weight is 262 g/mol. The van der Waals surface area contributed by atoms with Gasteiger partial charge in [0.25, 0.3) is 0 Å². The zero-order chi connectivity index (χ0) is 14.1. The highest BCUT2D eigenvalue weighted by molar-refractivity contribution is 5.80. The van der Waals surface area contributed by atoms with Gasteiger partial charge in [0, 0.05) is 12.3 Å². The molecule has 2 heteroatoms. The van der Waals surface area contributed by atoms with Crippen LogP contribution in [0, 0.1) is 5.92 Å². The number of rotatable bonds is 9. The summed E-state index contributed by atoms with van der Waals surface area (Å²) in [4.78, 5) is 11.5. The van der Waals surface area contributed by atoms with Crippen LogP contribution >= 0.6 is 0 Å². The van der Waals surface area contributed by atoms with Crippen LogP contribution in [0.15, 0.2) is 24.3 Å². The maximum absolute atomic E-state index is 11.5. The van der Waals surface area contributed by atoms with Gasteiger partial charge >= 0.3 is 0 Å². The van der Waals surface area contributed by atoms with E-state index in [4.69, 9.17) is 4.74 Å². The van der Waals surface area contributed by atoms with E-state index in [1.165, 1.54) is 5.56 Å². The van der Waals surface area contributed by atoms with Crippen LogP contribution in [-0.4, -0.2) is 12.4 Å². The first-order chi connectivity index (χ1) is 9.13. The molecule has 0 saturated heterocycles. The molecule has 0 fully saturated rings. The van der Waals surface area contributed by atoms with E-state index in [0.717, 1.165) is 38.0 Å². The minimum Gasteiger partial charge on any atom is -0.494 e. The smallest absolute Gasteiger partial charge is 0.135 e. The number of Topliss-reactive ketones (excluding diaryl/α,β-unsaturated/α-hetero) is 1. The Hall–Kier alpha value is -1.31. The Bertz CT molecular complexity index is 383. The van der Waals surface area contributed by atoms with Crippen LogP contribution in [0.3, 0.4) is 0 Å². The van der Waals surface area contributed by atoms with Crippen molar-refractivity contribution in [3.63, 3.8) is 0 Å². The van der Waals surface area contributed by atoms with Crippen molar-refractivity contribution >= 4 is 5.78 Å². The second kappa shape index (κ2) is 8.73. The molecule has 0 N–H and O–H groups in total. The van der Waals surface area contributed by atoms with Crippen LogP contribution in [0.2, 0.25) is 0 Å². The van der Waals surface area contributed by atoms with Crippen LogP contribution in [0.25, 0.3) is 0 Å². The third-order valence-corrected chi connectivity index (χ3v) is 3.15. The Morgan fingerprint density at radius 2 is 2.05 bits per heavy atom. The molecule has 0 amide bonds. The zero-order valence-corrected chi connectivity index (χ0v) is 12.4. The molecular weight excluding hydrogens is 236 g/mol. The lowest BCUT2D eigenvalue weighted by atomic mass is 10.0. The molecule has 106 valence electrons. The van der Waals surface area contributed by atoms with Crippen LogP contribution in [0.5, 0.6) is 5.75 Å². The number of carbonyl (C=O) groups is 1. The van der Waals surface area contributed by atoms with Gasteiger partial charge in [-0.3, -0.25) is 4.79 Å². The van der Waals surface area contributed by atoms with Crippen LogP contribution in [0.4, 0.5) is 0 Å². The van der Waals surface area contributed by atoms with Gasteiger partial charge in [0.2, 0.25) is 0 Å². The molecule has 19 heavy (non-hydrogen) atoms. The third-order valence-electron chi connectivity index (χ3n) is 3.15. The molecule has 0 bridgehead atoms. The molecule has 1 aromatic rings. The Balaban J connectivity index is 2.31. The van der Waals surface area contributed by atoms with E-state index in [9.17, 15) is 4.79 Å². The summed E-state index contributed by atoms with van der Waals surface area (Å²) in [6.07, 6.45) is 4.81. The predicted molar refractivity (Wildman–Crippen MR) is 79.6 cm³/mol. The molecular formula is C17H26O2. The van der Waals surface area contributed by atoms with Crippen molar-refractivity contribution in [2.24, 2.45) is 5.92 Å². The molecule has 0 spiro atoms. The van der Waals surface area contributed by atoms with Gasteiger partial charge in [0.15, 0.2) is 0 Å². The maximum atomic E-state index is 11.5. The van der Waals surface area contributed by atoms with E-state index < -0.39 is 0 Å². The summed E-state index contributed by atoms with van der Waals surface area (Å²) >= 11 is 0. The highest BCUT2D eigenvalue weighted by Gasteiger charge is 2.06. The van der Waals surface area contributed by atoms with Gasteiger partial charge in [-0.25, -0.2) is 0 Å². The van der Waals surface area contributed by atoms with Gasteiger partial charge in [0.05, 0.1) is 6.61 Å². The van der Waals surface area contributed by atoms with E-state index >= 15 is 0 Å². The second-order valence-corrected chi connectivity index (χ2v) is 5.32. The lowest BCUT2D eigenvalue weighted by Gasteiger charge is -2.07. The van der Waals surface area contributed by atoms with Crippen molar-refractivity contribution in [1.29, 1.82) is 0 Å². The van der Waals surface area contributed by atoms with E-state index in [0.29, 0.717) is 12.2 Å². The maximum Gasteiger partial charge on any atom is 0.135 e. The highest BCUT2D eigenvalue weighted by Crippen LogP contribution is 2.16. The molecule has 0 aromatic heterocycles. The Labute approximate surface area is 117 Å². The quantitative estimate of drug-likeness (QED) is 0.616. The number of hydrogen-bond acceptors (Lipinski definition) is 2. The van der Waals surface area contributed by atoms with Crippen LogP contribution in [-0.2, 0) is 11.2 Å². The van der Waals surface area contributed by atoms with Gasteiger partial charge in [-0.05, 0) is 43.4 Å². The van der Waals surface area contributed by atoms with Gasteiger partial charge < -0.3 is 4.74 Å². The van der Waals surface area contributed by atoms with Crippen LogP contribution in [0.1, 0.15) is 52.0 Å². The van der Waals surface area contributed by atoms with Crippen molar-refractivity contribution in [3.8, 4) is 5.75 Å².